The first-order valence-corrected chi connectivity index (χ1v) is 6.58. The molecule has 1 aliphatic carbocycles. The van der Waals surface area contributed by atoms with E-state index < -0.39 is 0 Å². The third-order valence-electron chi connectivity index (χ3n) is 3.37. The summed E-state index contributed by atoms with van der Waals surface area (Å²) < 4.78 is 1.99. The molecule has 0 amide bonds. The smallest absolute Gasteiger partial charge is 0.0534 e. The van der Waals surface area contributed by atoms with Crippen LogP contribution in [0.5, 0.6) is 0 Å². The molecule has 1 aromatic heterocycles. The minimum absolute atomic E-state index is 0.731. The molecule has 1 heterocycles. The zero-order valence-electron chi connectivity index (χ0n) is 10.4. The first-order chi connectivity index (χ1) is 7.83. The zero-order chi connectivity index (χ0) is 11.4. The Balaban J connectivity index is 1.80. The minimum Gasteiger partial charge on any atom is -0.310 e. The fourth-order valence-corrected chi connectivity index (χ4v) is 2.23. The lowest BCUT2D eigenvalue weighted by Crippen LogP contribution is -2.30. The molecule has 0 aromatic carbocycles. The van der Waals surface area contributed by atoms with Gasteiger partial charge in [-0.05, 0) is 32.1 Å². The standard InChI is InChI=1S/C13H23N3/c1-3-5-13(12-6-7-12)14-8-11-9-15-16(4-2)10-11/h9-10,12-14H,3-8H2,1-2H3. The largest absolute Gasteiger partial charge is 0.310 e. The average Bonchev–Trinajstić information content (AvgIpc) is 3.03. The Bertz CT molecular complexity index is 315. The molecule has 1 unspecified atom stereocenters. The van der Waals surface area contributed by atoms with Crippen molar-refractivity contribution in [2.45, 2.75) is 58.7 Å². The van der Waals surface area contributed by atoms with E-state index in [0.29, 0.717) is 0 Å². The van der Waals surface area contributed by atoms with E-state index in [9.17, 15) is 0 Å². The first kappa shape index (κ1) is 11.6. The zero-order valence-corrected chi connectivity index (χ0v) is 10.4. The van der Waals surface area contributed by atoms with Gasteiger partial charge in [-0.3, -0.25) is 4.68 Å². The highest BCUT2D eigenvalue weighted by atomic mass is 15.3. The molecule has 1 saturated carbocycles. The molecule has 3 nitrogen and oxygen atoms in total. The van der Waals surface area contributed by atoms with Crippen LogP contribution in [0.15, 0.2) is 12.4 Å². The molecule has 1 N–H and O–H groups in total. The van der Waals surface area contributed by atoms with Crippen molar-refractivity contribution in [3.63, 3.8) is 0 Å². The molecular weight excluding hydrogens is 198 g/mol. The van der Waals surface area contributed by atoms with Gasteiger partial charge < -0.3 is 5.32 Å². The molecule has 0 aliphatic heterocycles. The number of hydrogen-bond acceptors (Lipinski definition) is 2. The summed E-state index contributed by atoms with van der Waals surface area (Å²) in [7, 11) is 0. The number of rotatable bonds is 7. The van der Waals surface area contributed by atoms with E-state index >= 15 is 0 Å². The molecule has 16 heavy (non-hydrogen) atoms. The summed E-state index contributed by atoms with van der Waals surface area (Å²) in [4.78, 5) is 0. The van der Waals surface area contributed by atoms with E-state index in [1.165, 1.54) is 31.2 Å². The monoisotopic (exact) mass is 221 g/mol. The van der Waals surface area contributed by atoms with Crippen LogP contribution in [0.4, 0.5) is 0 Å². The van der Waals surface area contributed by atoms with Crippen LogP contribution in [-0.2, 0) is 13.1 Å². The lowest BCUT2D eigenvalue weighted by atomic mass is 10.1. The normalized spacial score (nSPS) is 17.6. The first-order valence-electron chi connectivity index (χ1n) is 6.58. The van der Waals surface area contributed by atoms with Gasteiger partial charge >= 0.3 is 0 Å². The van der Waals surface area contributed by atoms with Crippen LogP contribution in [0.2, 0.25) is 0 Å². The van der Waals surface area contributed by atoms with Crippen LogP contribution in [0.3, 0.4) is 0 Å². The number of aromatic nitrogens is 2. The Morgan fingerprint density at radius 1 is 1.50 bits per heavy atom. The van der Waals surface area contributed by atoms with E-state index in [4.69, 9.17) is 0 Å². The average molecular weight is 221 g/mol. The molecule has 1 aliphatic rings. The van der Waals surface area contributed by atoms with Crippen molar-refractivity contribution in [3.05, 3.63) is 18.0 Å². The van der Waals surface area contributed by atoms with Crippen molar-refractivity contribution in [2.75, 3.05) is 0 Å². The molecule has 0 spiro atoms. The van der Waals surface area contributed by atoms with Crippen LogP contribution in [0.25, 0.3) is 0 Å². The second-order valence-corrected chi connectivity index (χ2v) is 4.82. The Hall–Kier alpha value is -0.830. The molecule has 0 radical (unpaired) electrons. The second-order valence-electron chi connectivity index (χ2n) is 4.82. The summed E-state index contributed by atoms with van der Waals surface area (Å²) in [5.41, 5.74) is 1.31. The third-order valence-corrected chi connectivity index (χ3v) is 3.37. The maximum atomic E-state index is 4.30. The third kappa shape index (κ3) is 3.08. The van der Waals surface area contributed by atoms with Gasteiger partial charge in [-0.25, -0.2) is 0 Å². The summed E-state index contributed by atoms with van der Waals surface area (Å²) in [5, 5.41) is 7.98. The highest BCUT2D eigenvalue weighted by Gasteiger charge is 2.29. The van der Waals surface area contributed by atoms with Gasteiger partial charge in [0.2, 0.25) is 0 Å². The summed E-state index contributed by atoms with van der Waals surface area (Å²) >= 11 is 0. The molecule has 1 atom stereocenters. The molecule has 0 bridgehead atoms. The van der Waals surface area contributed by atoms with E-state index in [1.54, 1.807) is 0 Å². The van der Waals surface area contributed by atoms with Gasteiger partial charge in [-0.1, -0.05) is 13.3 Å². The SMILES string of the molecule is CCCC(NCc1cnn(CC)c1)C1CC1. The fraction of sp³-hybridized carbons (Fsp3) is 0.769. The van der Waals surface area contributed by atoms with Gasteiger partial charge in [0.1, 0.15) is 0 Å². The van der Waals surface area contributed by atoms with Crippen LogP contribution >= 0.6 is 0 Å². The summed E-state index contributed by atoms with van der Waals surface area (Å²) in [6.07, 6.45) is 9.56. The van der Waals surface area contributed by atoms with Gasteiger partial charge in [-0.2, -0.15) is 5.10 Å². The van der Waals surface area contributed by atoms with Gasteiger partial charge in [0, 0.05) is 30.9 Å². The van der Waals surface area contributed by atoms with E-state index in [0.717, 1.165) is 25.0 Å². The van der Waals surface area contributed by atoms with Crippen molar-refractivity contribution in [1.82, 2.24) is 15.1 Å². The molecule has 3 heteroatoms. The van der Waals surface area contributed by atoms with Gasteiger partial charge in [0.05, 0.1) is 6.20 Å². The Morgan fingerprint density at radius 2 is 2.31 bits per heavy atom. The van der Waals surface area contributed by atoms with Crippen LogP contribution in [0.1, 0.15) is 45.1 Å². The molecular formula is C13H23N3. The summed E-state index contributed by atoms with van der Waals surface area (Å²) in [5.74, 6) is 0.946. The van der Waals surface area contributed by atoms with Gasteiger partial charge in [-0.15, -0.1) is 0 Å². The van der Waals surface area contributed by atoms with Gasteiger partial charge in [0.25, 0.3) is 0 Å². The molecule has 0 saturated heterocycles. The lowest BCUT2D eigenvalue weighted by molar-refractivity contribution is 0.430. The number of nitrogens with one attached hydrogen (secondary N) is 1. The maximum absolute atomic E-state index is 4.30. The fourth-order valence-electron chi connectivity index (χ4n) is 2.23. The number of nitrogens with zero attached hydrogens (tertiary/aromatic N) is 2. The quantitative estimate of drug-likeness (QED) is 0.767. The van der Waals surface area contributed by atoms with Crippen molar-refractivity contribution in [3.8, 4) is 0 Å². The second kappa shape index (κ2) is 5.48. The van der Waals surface area contributed by atoms with E-state index in [2.05, 4.69) is 30.5 Å². The Labute approximate surface area is 98.2 Å². The van der Waals surface area contributed by atoms with Crippen LogP contribution < -0.4 is 5.32 Å². The highest BCUT2D eigenvalue weighted by molar-refractivity contribution is 5.04. The van der Waals surface area contributed by atoms with Crippen molar-refractivity contribution in [2.24, 2.45) is 5.92 Å². The van der Waals surface area contributed by atoms with E-state index in [1.807, 2.05) is 10.9 Å². The highest BCUT2D eigenvalue weighted by Crippen LogP contribution is 2.34. The lowest BCUT2D eigenvalue weighted by Gasteiger charge is -2.16. The minimum atomic E-state index is 0.731. The predicted molar refractivity (Wildman–Crippen MR) is 66.2 cm³/mol. The summed E-state index contributed by atoms with van der Waals surface area (Å²) in [6, 6.07) is 0.731. The molecule has 1 aromatic rings. The number of aryl methyl sites for hydroxylation is 1. The van der Waals surface area contributed by atoms with Crippen LogP contribution in [0, 0.1) is 5.92 Å². The Morgan fingerprint density at radius 3 is 2.88 bits per heavy atom. The maximum Gasteiger partial charge on any atom is 0.0534 e. The van der Waals surface area contributed by atoms with Crippen molar-refractivity contribution >= 4 is 0 Å². The van der Waals surface area contributed by atoms with Crippen molar-refractivity contribution < 1.29 is 0 Å². The van der Waals surface area contributed by atoms with E-state index in [-0.39, 0.29) is 0 Å². The topological polar surface area (TPSA) is 29.9 Å². The number of hydrogen-bond donors (Lipinski definition) is 1. The molecule has 2 rings (SSSR count). The predicted octanol–water partition coefficient (Wildman–Crippen LogP) is 2.57. The van der Waals surface area contributed by atoms with Crippen molar-refractivity contribution in [1.29, 1.82) is 0 Å². The molecule has 90 valence electrons. The van der Waals surface area contributed by atoms with Crippen LogP contribution in [-0.4, -0.2) is 15.8 Å². The Kier molecular flexibility index (Phi) is 3.99. The molecule has 1 fully saturated rings. The van der Waals surface area contributed by atoms with Gasteiger partial charge in [0.15, 0.2) is 0 Å². The summed E-state index contributed by atoms with van der Waals surface area (Å²) in [6.45, 7) is 6.32.